The van der Waals surface area contributed by atoms with E-state index in [1.165, 1.54) is 5.56 Å². The maximum atomic E-state index is 12.5. The zero-order valence-corrected chi connectivity index (χ0v) is 9.97. The highest BCUT2D eigenvalue weighted by atomic mass is 16.1. The van der Waals surface area contributed by atoms with E-state index in [0.29, 0.717) is 12.1 Å². The molecule has 0 bridgehead atoms. The Morgan fingerprint density at radius 1 is 1.22 bits per heavy atom. The summed E-state index contributed by atoms with van der Waals surface area (Å²) in [5.74, 6) is 0.0434. The van der Waals surface area contributed by atoms with Crippen molar-refractivity contribution < 1.29 is 4.79 Å². The molecule has 1 aliphatic rings. The van der Waals surface area contributed by atoms with Gasteiger partial charge in [-0.1, -0.05) is 24.3 Å². The molecule has 1 unspecified atom stereocenters. The molecule has 0 radical (unpaired) electrons. The second kappa shape index (κ2) is 4.70. The first kappa shape index (κ1) is 11.1. The smallest absolute Gasteiger partial charge is 0.173 e. The van der Waals surface area contributed by atoms with Crippen LogP contribution >= 0.6 is 0 Å². The normalized spacial score (nSPS) is 18.1. The highest BCUT2D eigenvalue weighted by molar-refractivity contribution is 6.01. The van der Waals surface area contributed by atoms with Gasteiger partial charge in [-0.2, -0.15) is 0 Å². The molecular formula is C15H14N2O. The molecule has 0 spiro atoms. The third-order valence-corrected chi connectivity index (χ3v) is 3.36. The van der Waals surface area contributed by atoms with E-state index in [1.54, 1.807) is 18.5 Å². The molecule has 1 N–H and O–H groups in total. The topological polar surface area (TPSA) is 42.0 Å². The number of fused-ring (bicyclic) bond motifs is 1. The summed E-state index contributed by atoms with van der Waals surface area (Å²) < 4.78 is 0. The van der Waals surface area contributed by atoms with Crippen LogP contribution < -0.4 is 5.32 Å². The number of hydrogen-bond donors (Lipinski definition) is 1. The number of rotatable bonds is 2. The minimum atomic E-state index is -0.0980. The summed E-state index contributed by atoms with van der Waals surface area (Å²) in [6.45, 7) is 1.54. The van der Waals surface area contributed by atoms with Crippen LogP contribution in [0.15, 0.2) is 48.8 Å². The van der Waals surface area contributed by atoms with Gasteiger partial charge in [-0.3, -0.25) is 9.78 Å². The largest absolute Gasteiger partial charge is 0.312 e. The quantitative estimate of drug-likeness (QED) is 0.815. The Balaban J connectivity index is 1.97. The maximum Gasteiger partial charge on any atom is 0.173 e. The highest BCUT2D eigenvalue weighted by Gasteiger charge is 2.26. The van der Waals surface area contributed by atoms with E-state index in [2.05, 4.69) is 22.4 Å². The molecule has 0 saturated heterocycles. The summed E-state index contributed by atoms with van der Waals surface area (Å²) in [5, 5.41) is 3.30. The fourth-order valence-electron chi connectivity index (χ4n) is 2.44. The summed E-state index contributed by atoms with van der Waals surface area (Å²) in [5.41, 5.74) is 3.04. The molecule has 1 aromatic carbocycles. The van der Waals surface area contributed by atoms with Crippen LogP contribution in [0.5, 0.6) is 0 Å². The monoisotopic (exact) mass is 238 g/mol. The number of pyridine rings is 1. The van der Waals surface area contributed by atoms with Crippen LogP contribution in [-0.2, 0) is 6.54 Å². The van der Waals surface area contributed by atoms with Crippen molar-refractivity contribution >= 4 is 5.78 Å². The molecule has 3 heteroatoms. The Morgan fingerprint density at radius 2 is 2.11 bits per heavy atom. The lowest BCUT2D eigenvalue weighted by Gasteiger charge is -2.25. The number of hydrogen-bond acceptors (Lipinski definition) is 3. The van der Waals surface area contributed by atoms with Crippen LogP contribution in [0.1, 0.15) is 27.4 Å². The van der Waals surface area contributed by atoms with E-state index >= 15 is 0 Å². The predicted octanol–water partition coefficient (Wildman–Crippen LogP) is 2.15. The van der Waals surface area contributed by atoms with Crippen molar-refractivity contribution in [3.05, 3.63) is 65.5 Å². The van der Waals surface area contributed by atoms with Crippen molar-refractivity contribution in [1.29, 1.82) is 0 Å². The van der Waals surface area contributed by atoms with E-state index in [1.807, 2.05) is 18.2 Å². The van der Waals surface area contributed by atoms with Crippen molar-refractivity contribution in [2.75, 3.05) is 6.54 Å². The zero-order valence-electron chi connectivity index (χ0n) is 9.97. The van der Waals surface area contributed by atoms with Gasteiger partial charge in [0.15, 0.2) is 5.78 Å². The van der Waals surface area contributed by atoms with Crippen LogP contribution in [-0.4, -0.2) is 17.3 Å². The molecule has 0 fully saturated rings. The van der Waals surface area contributed by atoms with Crippen LogP contribution in [0.25, 0.3) is 0 Å². The fraction of sp³-hybridized carbons (Fsp3) is 0.200. The molecule has 1 atom stereocenters. The minimum Gasteiger partial charge on any atom is -0.312 e. The molecule has 90 valence electrons. The Labute approximate surface area is 106 Å². The molecule has 3 nitrogen and oxygen atoms in total. The van der Waals surface area contributed by atoms with Gasteiger partial charge in [0.2, 0.25) is 0 Å². The highest BCUT2D eigenvalue weighted by Crippen LogP contribution is 2.26. The van der Waals surface area contributed by atoms with Gasteiger partial charge in [0.25, 0.3) is 0 Å². The number of nitrogens with zero attached hydrogens (tertiary/aromatic N) is 1. The van der Waals surface area contributed by atoms with E-state index in [0.717, 1.165) is 12.1 Å². The van der Waals surface area contributed by atoms with Crippen LogP contribution in [0, 0.1) is 0 Å². The third-order valence-electron chi connectivity index (χ3n) is 3.36. The minimum absolute atomic E-state index is 0.0980. The van der Waals surface area contributed by atoms with E-state index in [9.17, 15) is 4.79 Å². The molecule has 3 rings (SSSR count). The Morgan fingerprint density at radius 3 is 2.94 bits per heavy atom. The molecule has 18 heavy (non-hydrogen) atoms. The van der Waals surface area contributed by atoms with Crippen molar-refractivity contribution in [2.45, 2.75) is 12.5 Å². The third kappa shape index (κ3) is 1.93. The van der Waals surface area contributed by atoms with Gasteiger partial charge in [0.1, 0.15) is 0 Å². The van der Waals surface area contributed by atoms with Crippen LogP contribution in [0.3, 0.4) is 0 Å². The van der Waals surface area contributed by atoms with Gasteiger partial charge in [0, 0.05) is 31.0 Å². The number of nitrogens with one attached hydrogen (secondary N) is 1. The fourth-order valence-corrected chi connectivity index (χ4v) is 2.44. The molecule has 1 aliphatic heterocycles. The molecule has 0 saturated carbocycles. The first-order valence-electron chi connectivity index (χ1n) is 6.09. The standard InChI is InChI=1S/C15H14N2O/c18-15(12-5-3-7-16-9-12)14-10-17-8-11-4-1-2-6-13(11)14/h1-7,9,14,17H,8,10H2. The maximum absolute atomic E-state index is 12.5. The van der Waals surface area contributed by atoms with Gasteiger partial charge in [-0.15, -0.1) is 0 Å². The Kier molecular flexibility index (Phi) is 2.90. The van der Waals surface area contributed by atoms with Crippen molar-refractivity contribution in [3.63, 3.8) is 0 Å². The van der Waals surface area contributed by atoms with E-state index in [-0.39, 0.29) is 11.7 Å². The zero-order chi connectivity index (χ0) is 12.4. The van der Waals surface area contributed by atoms with Gasteiger partial charge >= 0.3 is 0 Å². The second-order valence-corrected chi connectivity index (χ2v) is 4.49. The van der Waals surface area contributed by atoms with Crippen molar-refractivity contribution in [2.24, 2.45) is 0 Å². The van der Waals surface area contributed by atoms with Gasteiger partial charge in [-0.25, -0.2) is 0 Å². The SMILES string of the molecule is O=C(c1cccnc1)C1CNCc2ccccc21. The van der Waals surface area contributed by atoms with E-state index in [4.69, 9.17) is 0 Å². The summed E-state index contributed by atoms with van der Waals surface area (Å²) in [4.78, 5) is 16.5. The lowest BCUT2D eigenvalue weighted by Crippen LogP contribution is -2.32. The number of carbonyl (C=O) groups excluding carboxylic acids is 1. The Hall–Kier alpha value is -2.00. The molecule has 2 aromatic rings. The Bertz CT molecular complexity index is 566. The number of benzene rings is 1. The van der Waals surface area contributed by atoms with Crippen molar-refractivity contribution in [3.8, 4) is 0 Å². The summed E-state index contributed by atoms with van der Waals surface area (Å²) in [6, 6.07) is 11.8. The van der Waals surface area contributed by atoms with E-state index < -0.39 is 0 Å². The number of ketones is 1. The second-order valence-electron chi connectivity index (χ2n) is 4.49. The molecule has 1 aromatic heterocycles. The molecular weight excluding hydrogens is 224 g/mol. The molecule has 0 aliphatic carbocycles. The van der Waals surface area contributed by atoms with Crippen LogP contribution in [0.4, 0.5) is 0 Å². The summed E-state index contributed by atoms with van der Waals surface area (Å²) in [6.07, 6.45) is 3.32. The van der Waals surface area contributed by atoms with Gasteiger partial charge in [0.05, 0.1) is 5.92 Å². The average Bonchev–Trinajstić information content (AvgIpc) is 2.47. The van der Waals surface area contributed by atoms with Gasteiger partial charge in [-0.05, 0) is 23.3 Å². The summed E-state index contributed by atoms with van der Waals surface area (Å²) >= 11 is 0. The predicted molar refractivity (Wildman–Crippen MR) is 69.5 cm³/mol. The lowest BCUT2D eigenvalue weighted by atomic mass is 9.86. The lowest BCUT2D eigenvalue weighted by molar-refractivity contribution is 0.0954. The number of Topliss-reactive ketones (excluding diaryl/α,β-unsaturated/α-hetero) is 1. The first-order valence-corrected chi connectivity index (χ1v) is 6.09. The summed E-state index contributed by atoms with van der Waals surface area (Å²) in [7, 11) is 0. The average molecular weight is 238 g/mol. The van der Waals surface area contributed by atoms with Crippen LogP contribution in [0.2, 0.25) is 0 Å². The molecule has 0 amide bonds. The van der Waals surface area contributed by atoms with Crippen molar-refractivity contribution in [1.82, 2.24) is 10.3 Å². The number of carbonyl (C=O) groups is 1. The number of aromatic nitrogens is 1. The van der Waals surface area contributed by atoms with Gasteiger partial charge < -0.3 is 5.32 Å². The molecule has 2 heterocycles. The first-order chi connectivity index (χ1) is 8.86.